The molecule has 31 heavy (non-hydrogen) atoms. The molecule has 0 aliphatic rings. The summed E-state index contributed by atoms with van der Waals surface area (Å²) in [6, 6.07) is 33.3. The van der Waals surface area contributed by atoms with Gasteiger partial charge in [0.1, 0.15) is 5.16 Å². The van der Waals surface area contributed by atoms with Gasteiger partial charge in [0, 0.05) is 5.92 Å². The van der Waals surface area contributed by atoms with E-state index in [1.807, 2.05) is 0 Å². The average molecular weight is 448 g/mol. The Bertz CT molecular complexity index is 825. The number of hydrogen-bond donors (Lipinski definition) is 0. The number of unbranched alkanes of at least 4 members (excludes halogenated alkanes) is 2. The van der Waals surface area contributed by atoms with Crippen molar-refractivity contribution in [3.63, 3.8) is 0 Å². The van der Waals surface area contributed by atoms with E-state index in [1.54, 1.807) is 0 Å². The summed E-state index contributed by atoms with van der Waals surface area (Å²) in [4.78, 5) is 0. The first-order valence-corrected chi connectivity index (χ1v) is 11.4. The van der Waals surface area contributed by atoms with Crippen LogP contribution in [0.1, 0.15) is 55.2 Å². The lowest BCUT2D eigenvalue weighted by Crippen LogP contribution is -2.29. The maximum atomic E-state index is 9.75. The Balaban J connectivity index is 0.000000614. The lowest BCUT2D eigenvalue weighted by atomic mass is 9.74. The largest absolute Gasteiger partial charge is 0.673 e. The average Bonchev–Trinajstić information content (AvgIpc) is 2.77. The minimum atomic E-state index is -6.00. The van der Waals surface area contributed by atoms with Gasteiger partial charge < -0.3 is 17.3 Å². The predicted octanol–water partition coefficient (Wildman–Crippen LogP) is 8.20. The maximum Gasteiger partial charge on any atom is 0.673 e. The molecule has 0 amide bonds. The molecule has 0 heterocycles. The molecule has 0 bridgehead atoms. The van der Waals surface area contributed by atoms with Gasteiger partial charge in [-0.1, -0.05) is 117 Å². The van der Waals surface area contributed by atoms with Crippen molar-refractivity contribution in [2.45, 2.75) is 43.7 Å². The van der Waals surface area contributed by atoms with Crippen LogP contribution in [0.4, 0.5) is 17.3 Å². The molecule has 0 aliphatic heterocycles. The van der Waals surface area contributed by atoms with Gasteiger partial charge in [-0.05, 0) is 32.4 Å². The zero-order chi connectivity index (χ0) is 22.7. The Hall–Kier alpha value is -2.13. The van der Waals surface area contributed by atoms with Crippen LogP contribution in [0.5, 0.6) is 0 Å². The fourth-order valence-electron chi connectivity index (χ4n) is 4.02. The lowest BCUT2D eigenvalue weighted by Gasteiger charge is -2.35. The predicted molar refractivity (Wildman–Crippen MR) is 128 cm³/mol. The van der Waals surface area contributed by atoms with E-state index in [0.717, 1.165) is 0 Å². The summed E-state index contributed by atoms with van der Waals surface area (Å²) in [6.45, 7) is 2.28. The van der Waals surface area contributed by atoms with Crippen molar-refractivity contribution in [1.29, 1.82) is 0 Å². The van der Waals surface area contributed by atoms with Crippen LogP contribution in [-0.2, 0) is 5.16 Å². The molecule has 2 unspecified atom stereocenters. The molecule has 166 valence electrons. The van der Waals surface area contributed by atoms with E-state index in [9.17, 15) is 17.3 Å². The molecule has 0 fully saturated rings. The zero-order valence-corrected chi connectivity index (χ0v) is 19.3. The second kappa shape index (κ2) is 12.1. The van der Waals surface area contributed by atoms with Crippen LogP contribution in [0, 0.1) is 0 Å². The number of halogens is 4. The van der Waals surface area contributed by atoms with Gasteiger partial charge in [-0.3, -0.25) is 0 Å². The summed E-state index contributed by atoms with van der Waals surface area (Å²) < 4.78 is 39.0. The summed E-state index contributed by atoms with van der Waals surface area (Å²) >= 11 is 0. The van der Waals surface area contributed by atoms with Crippen LogP contribution in [0.15, 0.2) is 91.0 Å². The minimum Gasteiger partial charge on any atom is -0.418 e. The Labute approximate surface area is 185 Å². The molecular weight excluding hydrogens is 418 g/mol. The molecule has 3 aromatic carbocycles. The smallest absolute Gasteiger partial charge is 0.418 e. The molecular formula is C25H30BF4P. The molecule has 0 nitrogen and oxygen atoms in total. The third-order valence-electron chi connectivity index (χ3n) is 5.47. The van der Waals surface area contributed by atoms with Gasteiger partial charge >= 0.3 is 7.25 Å². The molecule has 0 radical (unpaired) electrons. The highest BCUT2D eigenvalue weighted by Gasteiger charge is 2.43. The third-order valence-corrected chi connectivity index (χ3v) is 6.78. The molecule has 3 aromatic rings. The minimum absolute atomic E-state index is 0.0163. The van der Waals surface area contributed by atoms with Crippen LogP contribution < -0.4 is 0 Å². The van der Waals surface area contributed by atoms with Crippen molar-refractivity contribution in [3.8, 4) is 0 Å². The van der Waals surface area contributed by atoms with Crippen LogP contribution in [0.25, 0.3) is 0 Å². The van der Waals surface area contributed by atoms with Crippen LogP contribution in [-0.4, -0.2) is 7.25 Å². The van der Waals surface area contributed by atoms with E-state index in [2.05, 4.69) is 107 Å². The quantitative estimate of drug-likeness (QED) is 0.141. The van der Waals surface area contributed by atoms with Gasteiger partial charge in [0.25, 0.3) is 0 Å². The first kappa shape index (κ1) is 25.1. The number of benzene rings is 3. The molecule has 0 N–H and O–H groups in total. The van der Waals surface area contributed by atoms with Crippen LogP contribution >= 0.6 is 9.24 Å². The summed E-state index contributed by atoms with van der Waals surface area (Å²) in [5, 5.41) is -0.0163. The standard InChI is InChI=1S/C25H29P.BF4/c1-2-3-7-20-24(21-14-8-4-9-15-21)25(26,22-16-10-5-11-17-22)23-18-12-6-13-19-23;2-1(3,4)5/h4-6,8-19,24H,2-3,7,20,26H2,1H3;/q;-1/p+1. The first-order chi connectivity index (χ1) is 14.8. The Kier molecular flexibility index (Phi) is 9.77. The molecule has 0 saturated carbocycles. The van der Waals surface area contributed by atoms with E-state index in [4.69, 9.17) is 0 Å². The number of rotatable bonds is 8. The van der Waals surface area contributed by atoms with E-state index >= 15 is 0 Å². The Morgan fingerprint density at radius 1 is 0.710 bits per heavy atom. The first-order valence-electron chi connectivity index (χ1n) is 10.7. The summed E-state index contributed by atoms with van der Waals surface area (Å²) in [7, 11) is -3.84. The Morgan fingerprint density at radius 3 is 1.48 bits per heavy atom. The Morgan fingerprint density at radius 2 is 1.10 bits per heavy atom. The molecule has 0 aliphatic carbocycles. The van der Waals surface area contributed by atoms with Crippen LogP contribution in [0.3, 0.4) is 0 Å². The van der Waals surface area contributed by atoms with Crippen LogP contribution in [0.2, 0.25) is 0 Å². The van der Waals surface area contributed by atoms with Gasteiger partial charge in [-0.2, -0.15) is 0 Å². The highest BCUT2D eigenvalue weighted by Crippen LogP contribution is 2.51. The van der Waals surface area contributed by atoms with Gasteiger partial charge in [-0.25, -0.2) is 0 Å². The molecule has 3 rings (SSSR count). The van der Waals surface area contributed by atoms with Gasteiger partial charge in [0.2, 0.25) is 0 Å². The van der Waals surface area contributed by atoms with Crippen molar-refractivity contribution in [1.82, 2.24) is 0 Å². The topological polar surface area (TPSA) is 0 Å². The maximum absolute atomic E-state index is 9.75. The molecule has 0 aromatic heterocycles. The molecule has 0 spiro atoms. The zero-order valence-electron chi connectivity index (χ0n) is 17.9. The fourth-order valence-corrected chi connectivity index (χ4v) is 4.93. The van der Waals surface area contributed by atoms with Gasteiger partial charge in [0.05, 0.1) is 0 Å². The second-order valence-corrected chi connectivity index (χ2v) is 8.77. The van der Waals surface area contributed by atoms with Gasteiger partial charge in [0.15, 0.2) is 0 Å². The second-order valence-electron chi connectivity index (χ2n) is 7.66. The molecule has 0 saturated heterocycles. The van der Waals surface area contributed by atoms with Crippen molar-refractivity contribution in [3.05, 3.63) is 108 Å². The summed E-state index contributed by atoms with van der Waals surface area (Å²) in [5.41, 5.74) is 4.27. The summed E-state index contributed by atoms with van der Waals surface area (Å²) in [5.74, 6) is 0.471. The van der Waals surface area contributed by atoms with Crippen molar-refractivity contribution in [2.75, 3.05) is 0 Å². The summed E-state index contributed by atoms with van der Waals surface area (Å²) in [6.07, 6.45) is 5.05. The van der Waals surface area contributed by atoms with E-state index in [-0.39, 0.29) is 5.16 Å². The van der Waals surface area contributed by atoms with Crippen molar-refractivity contribution >= 4 is 16.5 Å². The van der Waals surface area contributed by atoms with E-state index in [0.29, 0.717) is 5.92 Å². The third kappa shape index (κ3) is 7.81. The van der Waals surface area contributed by atoms with Gasteiger partial charge in [-0.15, -0.1) is 0 Å². The SMILES string of the molecule is CCCCCC(c1ccccc1)C([PH3+])(c1ccccc1)c1ccccc1.F[B-](F)(F)F. The fraction of sp³-hybridized carbons (Fsp3) is 0.280. The monoisotopic (exact) mass is 448 g/mol. The van der Waals surface area contributed by atoms with Crippen molar-refractivity contribution < 1.29 is 17.3 Å². The molecule has 2 atom stereocenters. The van der Waals surface area contributed by atoms with E-state index < -0.39 is 7.25 Å². The molecule has 6 heteroatoms. The van der Waals surface area contributed by atoms with E-state index in [1.165, 1.54) is 42.4 Å². The normalized spacial score (nSPS) is 12.7. The lowest BCUT2D eigenvalue weighted by molar-refractivity contribution is 0.368. The highest BCUT2D eigenvalue weighted by molar-refractivity contribution is 7.19. The number of hydrogen-bond acceptors (Lipinski definition) is 0. The highest BCUT2D eigenvalue weighted by atomic mass is 31.0. The van der Waals surface area contributed by atoms with Crippen molar-refractivity contribution in [2.24, 2.45) is 0 Å².